The third kappa shape index (κ3) is 12.6. The Morgan fingerprint density at radius 1 is 0.897 bits per heavy atom. The van der Waals surface area contributed by atoms with E-state index in [1.165, 1.54) is 0 Å². The minimum absolute atomic E-state index is 0.0325. The lowest BCUT2D eigenvalue weighted by atomic mass is 10.1. The minimum Gasteiger partial charge on any atom is -0.480 e. The summed E-state index contributed by atoms with van der Waals surface area (Å²) in [5.74, 6) is -3.99. The number of carboxylic acid groups (broad SMARTS) is 2. The molecule has 3 atom stereocenters. The molecule has 0 aromatic heterocycles. The molecule has 0 rings (SSSR count). The van der Waals surface area contributed by atoms with Gasteiger partial charge in [0, 0.05) is 18.7 Å². The Morgan fingerprint density at radius 3 is 2.10 bits per heavy atom. The van der Waals surface area contributed by atoms with Crippen molar-refractivity contribution in [3.05, 3.63) is 0 Å². The Kier molecular flexibility index (Phi) is 13.4. The van der Waals surface area contributed by atoms with Crippen LogP contribution in [0.3, 0.4) is 0 Å². The summed E-state index contributed by atoms with van der Waals surface area (Å²) in [4.78, 5) is 56.6. The van der Waals surface area contributed by atoms with Crippen molar-refractivity contribution in [2.45, 2.75) is 50.2 Å². The van der Waals surface area contributed by atoms with Gasteiger partial charge >= 0.3 is 11.9 Å². The number of carboxylic acids is 2. The van der Waals surface area contributed by atoms with Crippen LogP contribution in [0.25, 0.3) is 0 Å². The molecule has 9 N–H and O–H groups in total. The first-order valence-electron chi connectivity index (χ1n) is 8.99. The summed E-state index contributed by atoms with van der Waals surface area (Å²) in [7, 11) is 0. The first kappa shape index (κ1) is 26.6. The lowest BCUT2D eigenvalue weighted by Crippen LogP contribution is -2.49. The summed E-state index contributed by atoms with van der Waals surface area (Å²) in [5, 5.41) is 24.3. The van der Waals surface area contributed by atoms with Crippen molar-refractivity contribution in [3.63, 3.8) is 0 Å². The first-order chi connectivity index (χ1) is 13.6. The number of carbonyl (C=O) groups is 5. The van der Waals surface area contributed by atoms with Gasteiger partial charge in [0.1, 0.15) is 18.6 Å². The van der Waals surface area contributed by atoms with E-state index in [4.69, 9.17) is 21.7 Å². The van der Waals surface area contributed by atoms with Crippen molar-refractivity contribution in [3.8, 4) is 0 Å². The minimum atomic E-state index is -1.22. The topological polar surface area (TPSA) is 214 Å². The summed E-state index contributed by atoms with van der Waals surface area (Å²) >= 11 is 3.94. The van der Waals surface area contributed by atoms with Crippen molar-refractivity contribution in [1.29, 1.82) is 0 Å². The van der Waals surface area contributed by atoms with E-state index in [-0.39, 0.29) is 18.6 Å². The van der Waals surface area contributed by atoms with Crippen molar-refractivity contribution in [1.82, 2.24) is 16.0 Å². The Hall–Kier alpha value is -2.38. The zero-order chi connectivity index (χ0) is 22.4. The highest BCUT2D eigenvalue weighted by atomic mass is 32.1. The molecule has 0 radical (unpaired) electrons. The van der Waals surface area contributed by atoms with Gasteiger partial charge in [-0.1, -0.05) is 0 Å². The summed E-state index contributed by atoms with van der Waals surface area (Å²) < 4.78 is 0. The molecule has 0 spiro atoms. The maximum Gasteiger partial charge on any atom is 0.322 e. The summed E-state index contributed by atoms with van der Waals surface area (Å²) in [5.41, 5.74) is 11.1. The van der Waals surface area contributed by atoms with Crippen molar-refractivity contribution in [2.24, 2.45) is 11.5 Å². The maximum absolute atomic E-state index is 11.9. The number of rotatable bonds is 15. The molecule has 0 aromatic carbocycles. The van der Waals surface area contributed by atoms with Gasteiger partial charge in [-0.15, -0.1) is 0 Å². The molecule has 0 saturated heterocycles. The van der Waals surface area contributed by atoms with Crippen LogP contribution < -0.4 is 27.4 Å². The molecular weight excluding hydrogens is 406 g/mol. The van der Waals surface area contributed by atoms with Crippen LogP contribution in [0.1, 0.15) is 32.1 Å². The Morgan fingerprint density at radius 2 is 1.55 bits per heavy atom. The fraction of sp³-hybridized carbons (Fsp3) is 0.688. The van der Waals surface area contributed by atoms with E-state index in [2.05, 4.69) is 28.6 Å². The standard InChI is InChI=1S/C16H29N5O7S/c17-9(14(25)19-6-2-1-3-10(18)16(27)28)4-5-12(22)21-11(8-29)15(26)20-7-13(23)24/h9-11,29H,1-8,17-18H2,(H,19,25)(H,20,26)(H,21,22)(H,23,24)(H,27,28)/t9-,10-,11-/m0/s1. The van der Waals surface area contributed by atoms with E-state index in [0.717, 1.165) is 0 Å². The number of hydrogen-bond donors (Lipinski definition) is 8. The average molecular weight is 436 g/mol. The highest BCUT2D eigenvalue weighted by Gasteiger charge is 2.21. The molecule has 12 nitrogen and oxygen atoms in total. The number of unbranched alkanes of at least 4 members (excludes halogenated alkanes) is 1. The summed E-state index contributed by atoms with van der Waals surface area (Å²) in [6, 6.07) is -2.87. The molecule has 166 valence electrons. The maximum atomic E-state index is 11.9. The number of hydrogen-bond acceptors (Lipinski definition) is 8. The molecule has 0 aromatic rings. The zero-order valence-electron chi connectivity index (χ0n) is 15.9. The van der Waals surface area contributed by atoms with Crippen LogP contribution in [0.2, 0.25) is 0 Å². The number of amides is 3. The number of carbonyl (C=O) groups excluding carboxylic acids is 3. The van der Waals surface area contributed by atoms with E-state index in [1.807, 2.05) is 0 Å². The van der Waals surface area contributed by atoms with Crippen LogP contribution in [0, 0.1) is 0 Å². The van der Waals surface area contributed by atoms with E-state index in [0.29, 0.717) is 25.8 Å². The fourth-order valence-electron chi connectivity index (χ4n) is 2.12. The van der Waals surface area contributed by atoms with Gasteiger partial charge in [-0.2, -0.15) is 12.6 Å². The predicted octanol–water partition coefficient (Wildman–Crippen LogP) is -2.59. The largest absolute Gasteiger partial charge is 0.480 e. The lowest BCUT2D eigenvalue weighted by Gasteiger charge is -2.17. The van der Waals surface area contributed by atoms with E-state index in [9.17, 15) is 24.0 Å². The van der Waals surface area contributed by atoms with Crippen LogP contribution in [0.5, 0.6) is 0 Å². The third-order valence-corrected chi connectivity index (χ3v) is 4.19. The molecule has 0 saturated carbocycles. The van der Waals surface area contributed by atoms with Crippen molar-refractivity contribution in [2.75, 3.05) is 18.8 Å². The lowest BCUT2D eigenvalue weighted by molar-refractivity contribution is -0.139. The molecule has 0 bridgehead atoms. The number of aliphatic carboxylic acids is 2. The van der Waals surface area contributed by atoms with Crippen molar-refractivity contribution >= 4 is 42.3 Å². The Balaban J connectivity index is 4.11. The molecule has 0 aliphatic carbocycles. The molecule has 29 heavy (non-hydrogen) atoms. The van der Waals surface area contributed by atoms with Crippen LogP contribution in [0.15, 0.2) is 0 Å². The second-order valence-corrected chi connectivity index (χ2v) is 6.66. The van der Waals surface area contributed by atoms with Gasteiger partial charge in [-0.3, -0.25) is 24.0 Å². The number of thiol groups is 1. The predicted molar refractivity (Wildman–Crippen MR) is 106 cm³/mol. The highest BCUT2D eigenvalue weighted by molar-refractivity contribution is 7.80. The summed E-state index contributed by atoms with van der Waals surface area (Å²) in [6.45, 7) is -0.275. The molecule has 3 amide bonds. The first-order valence-corrected chi connectivity index (χ1v) is 9.63. The normalized spacial score (nSPS) is 13.6. The van der Waals surface area contributed by atoms with Crippen LogP contribution in [-0.2, 0) is 24.0 Å². The molecule has 0 heterocycles. The SMILES string of the molecule is N[C@@H](CCCCNC(=O)[C@@H](N)CCC(=O)N[C@@H](CS)C(=O)NCC(=O)O)C(=O)O. The van der Waals surface area contributed by atoms with Gasteiger partial charge in [0.15, 0.2) is 0 Å². The molecule has 0 fully saturated rings. The van der Waals surface area contributed by atoms with Crippen molar-refractivity contribution < 1.29 is 34.2 Å². The summed E-state index contributed by atoms with van der Waals surface area (Å²) in [6.07, 6.45) is 1.29. The molecule has 0 unspecified atom stereocenters. The smallest absolute Gasteiger partial charge is 0.322 e. The van der Waals surface area contributed by atoms with E-state index >= 15 is 0 Å². The quantitative estimate of drug-likeness (QED) is 0.0998. The van der Waals surface area contributed by atoms with Gasteiger partial charge in [-0.05, 0) is 25.7 Å². The Labute approximate surface area is 173 Å². The average Bonchev–Trinajstić information content (AvgIpc) is 2.67. The van der Waals surface area contributed by atoms with Crippen LogP contribution >= 0.6 is 12.6 Å². The van der Waals surface area contributed by atoms with Gasteiger partial charge in [0.05, 0.1) is 6.04 Å². The monoisotopic (exact) mass is 435 g/mol. The molecule has 0 aliphatic heterocycles. The highest BCUT2D eigenvalue weighted by Crippen LogP contribution is 2.00. The van der Waals surface area contributed by atoms with Gasteiger partial charge < -0.3 is 37.6 Å². The fourth-order valence-corrected chi connectivity index (χ4v) is 2.38. The number of nitrogens with one attached hydrogen (secondary N) is 3. The van der Waals surface area contributed by atoms with Crippen LogP contribution in [0.4, 0.5) is 0 Å². The second kappa shape index (κ2) is 14.6. The third-order valence-electron chi connectivity index (χ3n) is 3.83. The van der Waals surface area contributed by atoms with Crippen LogP contribution in [-0.4, -0.2) is 76.8 Å². The second-order valence-electron chi connectivity index (χ2n) is 6.29. The van der Waals surface area contributed by atoms with E-state index < -0.39 is 54.3 Å². The van der Waals surface area contributed by atoms with Gasteiger partial charge in [0.2, 0.25) is 17.7 Å². The molecular formula is C16H29N5O7S. The Bertz CT molecular complexity index is 590. The van der Waals surface area contributed by atoms with Gasteiger partial charge in [-0.25, -0.2) is 0 Å². The van der Waals surface area contributed by atoms with Gasteiger partial charge in [0.25, 0.3) is 0 Å². The number of nitrogens with two attached hydrogens (primary N) is 2. The van der Waals surface area contributed by atoms with E-state index in [1.54, 1.807) is 0 Å². The molecule has 13 heteroatoms. The zero-order valence-corrected chi connectivity index (χ0v) is 16.8. The molecule has 0 aliphatic rings.